The number of carbonyl (C=O) groups excluding carboxylic acids is 3. The van der Waals surface area contributed by atoms with Gasteiger partial charge in [0.1, 0.15) is 15.6 Å². The zero-order chi connectivity index (χ0) is 22.3. The maximum Gasteiger partial charge on any atom is 0.348 e. The first-order valence-electron chi connectivity index (χ1n) is 9.71. The fourth-order valence-corrected chi connectivity index (χ4v) is 3.85. The third kappa shape index (κ3) is 6.06. The van der Waals surface area contributed by atoms with Crippen molar-refractivity contribution in [1.29, 1.82) is 0 Å². The lowest BCUT2D eigenvalue weighted by molar-refractivity contribution is -0.116. The van der Waals surface area contributed by atoms with Gasteiger partial charge in [0.15, 0.2) is 0 Å². The number of methoxy groups -OCH3 is 1. The molecular formula is C22H27NO6S. The van der Waals surface area contributed by atoms with E-state index in [2.05, 4.69) is 5.32 Å². The number of carbonyl (C=O) groups is 3. The molecular weight excluding hydrogens is 406 g/mol. The lowest BCUT2D eigenvalue weighted by Gasteiger charge is -2.08. The van der Waals surface area contributed by atoms with Gasteiger partial charge in [-0.2, -0.15) is 0 Å². The van der Waals surface area contributed by atoms with Crippen molar-refractivity contribution in [1.82, 2.24) is 0 Å². The minimum Gasteiger partial charge on any atom is -0.497 e. The van der Waals surface area contributed by atoms with Gasteiger partial charge in [-0.05, 0) is 57.4 Å². The molecule has 0 fully saturated rings. The third-order valence-corrected chi connectivity index (χ3v) is 5.39. The van der Waals surface area contributed by atoms with Crippen LogP contribution >= 0.6 is 11.3 Å². The quantitative estimate of drug-likeness (QED) is 0.590. The lowest BCUT2D eigenvalue weighted by Crippen LogP contribution is -2.15. The summed E-state index contributed by atoms with van der Waals surface area (Å²) >= 11 is 1.02. The van der Waals surface area contributed by atoms with Crippen LogP contribution < -0.4 is 10.1 Å². The van der Waals surface area contributed by atoms with Crippen molar-refractivity contribution in [2.45, 2.75) is 46.6 Å². The Morgan fingerprint density at radius 2 is 1.77 bits per heavy atom. The average molecular weight is 434 g/mol. The number of ether oxygens (including phenoxy) is 3. The van der Waals surface area contributed by atoms with E-state index in [0.29, 0.717) is 17.0 Å². The zero-order valence-corrected chi connectivity index (χ0v) is 18.7. The number of amides is 1. The molecule has 1 amide bonds. The molecule has 7 nitrogen and oxygen atoms in total. The van der Waals surface area contributed by atoms with Crippen LogP contribution in [0.15, 0.2) is 24.3 Å². The second kappa shape index (κ2) is 10.8. The fourth-order valence-electron chi connectivity index (χ4n) is 2.75. The van der Waals surface area contributed by atoms with Gasteiger partial charge in [-0.25, -0.2) is 9.59 Å². The van der Waals surface area contributed by atoms with Gasteiger partial charge in [0, 0.05) is 6.42 Å². The molecule has 1 N–H and O–H groups in total. The number of aryl methyl sites for hydroxylation is 1. The maximum absolute atomic E-state index is 12.5. The van der Waals surface area contributed by atoms with Crippen LogP contribution in [0.1, 0.15) is 58.3 Å². The summed E-state index contributed by atoms with van der Waals surface area (Å²) in [5.41, 5.74) is 1.62. The normalized spacial score (nSPS) is 10.6. The van der Waals surface area contributed by atoms with Crippen LogP contribution in [0.5, 0.6) is 5.75 Å². The molecule has 1 heterocycles. The van der Waals surface area contributed by atoms with E-state index in [-0.39, 0.29) is 35.5 Å². The van der Waals surface area contributed by atoms with Crippen molar-refractivity contribution in [3.8, 4) is 5.75 Å². The Balaban J connectivity index is 2.17. The van der Waals surface area contributed by atoms with E-state index < -0.39 is 11.9 Å². The summed E-state index contributed by atoms with van der Waals surface area (Å²) in [6.07, 6.45) is 0.446. The summed E-state index contributed by atoms with van der Waals surface area (Å²) in [6.45, 7) is 7.02. The predicted molar refractivity (Wildman–Crippen MR) is 116 cm³/mol. The molecule has 0 aliphatic carbocycles. The molecule has 2 aromatic rings. The van der Waals surface area contributed by atoms with Gasteiger partial charge < -0.3 is 19.5 Å². The summed E-state index contributed by atoms with van der Waals surface area (Å²) in [7, 11) is 1.60. The Hall–Kier alpha value is -2.87. The summed E-state index contributed by atoms with van der Waals surface area (Å²) in [5.74, 6) is -0.629. The standard InChI is InChI=1S/C22H27NO6S/c1-6-28-21(25)18-14(4)19(22(26)29-13(2)3)30-20(18)23-17(24)12-9-15-7-10-16(27-5)11-8-15/h7-8,10-11,13H,6,9,12H2,1-5H3,(H,23,24). The molecule has 0 radical (unpaired) electrons. The van der Waals surface area contributed by atoms with Gasteiger partial charge >= 0.3 is 11.9 Å². The highest BCUT2D eigenvalue weighted by Gasteiger charge is 2.27. The molecule has 0 saturated carbocycles. The zero-order valence-electron chi connectivity index (χ0n) is 17.9. The fraction of sp³-hybridized carbons (Fsp3) is 0.409. The van der Waals surface area contributed by atoms with Crippen LogP contribution in [0.2, 0.25) is 0 Å². The van der Waals surface area contributed by atoms with Gasteiger partial charge in [0.2, 0.25) is 5.91 Å². The average Bonchev–Trinajstić information content (AvgIpc) is 3.02. The van der Waals surface area contributed by atoms with Crippen molar-refractivity contribution in [2.24, 2.45) is 0 Å². The van der Waals surface area contributed by atoms with Crippen molar-refractivity contribution >= 4 is 34.2 Å². The van der Waals surface area contributed by atoms with E-state index in [0.717, 1.165) is 22.6 Å². The summed E-state index contributed by atoms with van der Waals surface area (Å²) < 4.78 is 15.5. The number of nitrogens with one attached hydrogen (secondary N) is 1. The van der Waals surface area contributed by atoms with Crippen LogP contribution in [0.3, 0.4) is 0 Å². The van der Waals surface area contributed by atoms with E-state index in [1.54, 1.807) is 34.8 Å². The number of esters is 2. The third-order valence-electron chi connectivity index (χ3n) is 4.21. The van der Waals surface area contributed by atoms with Crippen LogP contribution in [0.25, 0.3) is 0 Å². The molecule has 0 aliphatic rings. The second-order valence-corrected chi connectivity index (χ2v) is 7.85. The first-order chi connectivity index (χ1) is 14.3. The molecule has 0 aliphatic heterocycles. The van der Waals surface area contributed by atoms with Gasteiger partial charge in [-0.1, -0.05) is 12.1 Å². The Labute approximate surface area is 180 Å². The van der Waals surface area contributed by atoms with Gasteiger partial charge in [0.05, 0.1) is 25.4 Å². The summed E-state index contributed by atoms with van der Waals surface area (Å²) in [4.78, 5) is 37.6. The number of benzene rings is 1. The molecule has 0 saturated heterocycles. The van der Waals surface area contributed by atoms with Crippen molar-refractivity contribution in [3.63, 3.8) is 0 Å². The van der Waals surface area contributed by atoms with Crippen LogP contribution in [0, 0.1) is 6.92 Å². The van der Waals surface area contributed by atoms with Gasteiger partial charge in [-0.15, -0.1) is 11.3 Å². The minimum atomic E-state index is -0.583. The molecule has 0 unspecified atom stereocenters. The Morgan fingerprint density at radius 3 is 2.33 bits per heavy atom. The van der Waals surface area contributed by atoms with E-state index in [1.807, 2.05) is 24.3 Å². The first-order valence-corrected chi connectivity index (χ1v) is 10.5. The second-order valence-electron chi connectivity index (χ2n) is 6.83. The first kappa shape index (κ1) is 23.4. The van der Waals surface area contributed by atoms with Crippen molar-refractivity contribution < 1.29 is 28.6 Å². The van der Waals surface area contributed by atoms with Crippen LogP contribution in [-0.4, -0.2) is 37.7 Å². The highest BCUT2D eigenvalue weighted by molar-refractivity contribution is 7.18. The molecule has 0 bridgehead atoms. The van der Waals surface area contributed by atoms with Crippen molar-refractivity contribution in [2.75, 3.05) is 19.0 Å². The summed E-state index contributed by atoms with van der Waals surface area (Å²) in [6, 6.07) is 7.46. The molecule has 2 rings (SSSR count). The smallest absolute Gasteiger partial charge is 0.348 e. The number of thiophene rings is 1. The number of hydrogen-bond donors (Lipinski definition) is 1. The predicted octanol–water partition coefficient (Wildman–Crippen LogP) is 4.38. The van der Waals surface area contributed by atoms with E-state index in [1.165, 1.54) is 0 Å². The van der Waals surface area contributed by atoms with Crippen LogP contribution in [-0.2, 0) is 20.7 Å². The molecule has 1 aromatic heterocycles. The molecule has 8 heteroatoms. The molecule has 0 atom stereocenters. The number of hydrogen-bond acceptors (Lipinski definition) is 7. The van der Waals surface area contributed by atoms with E-state index in [4.69, 9.17) is 14.2 Å². The van der Waals surface area contributed by atoms with Crippen molar-refractivity contribution in [3.05, 3.63) is 45.8 Å². The largest absolute Gasteiger partial charge is 0.497 e. The number of rotatable bonds is 9. The van der Waals surface area contributed by atoms with Gasteiger partial charge in [0.25, 0.3) is 0 Å². The highest BCUT2D eigenvalue weighted by Crippen LogP contribution is 2.34. The molecule has 30 heavy (non-hydrogen) atoms. The number of anilines is 1. The minimum absolute atomic E-state index is 0.185. The Bertz CT molecular complexity index is 901. The lowest BCUT2D eigenvalue weighted by atomic mass is 10.1. The Kier molecular flexibility index (Phi) is 8.41. The topological polar surface area (TPSA) is 90.9 Å². The van der Waals surface area contributed by atoms with E-state index in [9.17, 15) is 14.4 Å². The SMILES string of the molecule is CCOC(=O)c1c(NC(=O)CCc2ccc(OC)cc2)sc(C(=O)OC(C)C)c1C. The molecule has 1 aromatic carbocycles. The maximum atomic E-state index is 12.5. The Morgan fingerprint density at radius 1 is 1.10 bits per heavy atom. The van der Waals surface area contributed by atoms with E-state index >= 15 is 0 Å². The van der Waals surface area contributed by atoms with Crippen LogP contribution in [0.4, 0.5) is 5.00 Å². The van der Waals surface area contributed by atoms with Gasteiger partial charge in [-0.3, -0.25) is 4.79 Å². The summed E-state index contributed by atoms with van der Waals surface area (Å²) in [5, 5.41) is 3.05. The highest BCUT2D eigenvalue weighted by atomic mass is 32.1. The monoisotopic (exact) mass is 433 g/mol. The molecule has 162 valence electrons. The molecule has 0 spiro atoms.